The zero-order valence-electron chi connectivity index (χ0n) is 9.64. The van der Waals surface area contributed by atoms with E-state index in [0.717, 1.165) is 5.56 Å². The predicted molar refractivity (Wildman–Crippen MR) is 66.3 cm³/mol. The molecule has 0 radical (unpaired) electrons. The number of carboxylic acids is 1. The summed E-state index contributed by atoms with van der Waals surface area (Å²) in [5.74, 6) is -0.446. The molecule has 19 heavy (non-hydrogen) atoms. The van der Waals surface area contributed by atoms with Crippen LogP contribution in [0.2, 0.25) is 5.02 Å². The Bertz CT molecular complexity index is 653. The maximum Gasteiger partial charge on any atom is 0.353 e. The molecule has 0 fully saturated rings. The van der Waals surface area contributed by atoms with E-state index in [-0.39, 0.29) is 12.5 Å². The van der Waals surface area contributed by atoms with E-state index in [1.807, 2.05) is 0 Å². The van der Waals surface area contributed by atoms with Gasteiger partial charge in [0.05, 0.1) is 12.3 Å². The van der Waals surface area contributed by atoms with Crippen molar-refractivity contribution in [3.05, 3.63) is 34.5 Å². The highest BCUT2D eigenvalue weighted by molar-refractivity contribution is 6.31. The second-order valence-electron chi connectivity index (χ2n) is 4.02. The van der Waals surface area contributed by atoms with Crippen LogP contribution in [0.5, 0.6) is 5.75 Å². The number of hydrogen-bond donors (Lipinski definition) is 2. The van der Waals surface area contributed by atoms with E-state index in [4.69, 9.17) is 26.2 Å². The standard InChI is InChI=1S/C12H9ClN2O4/c13-7-1-6-4-18-5-19-11(6)8(2-7)9-3-10(12(16)17)15-14-9/h1-3H,4-5H2,(H,14,15)(H,16,17). The summed E-state index contributed by atoms with van der Waals surface area (Å²) in [6.07, 6.45) is 0. The number of hydrogen-bond acceptors (Lipinski definition) is 4. The minimum Gasteiger partial charge on any atom is -0.477 e. The third-order valence-electron chi connectivity index (χ3n) is 2.76. The zero-order chi connectivity index (χ0) is 13.4. The first kappa shape index (κ1) is 12.0. The van der Waals surface area contributed by atoms with E-state index in [1.165, 1.54) is 6.07 Å². The second kappa shape index (κ2) is 4.56. The summed E-state index contributed by atoms with van der Waals surface area (Å²) in [5.41, 5.74) is 1.94. The Morgan fingerprint density at radius 2 is 2.26 bits per heavy atom. The molecule has 0 bridgehead atoms. The smallest absolute Gasteiger partial charge is 0.353 e. The number of carboxylic acid groups (broad SMARTS) is 1. The third kappa shape index (κ3) is 2.16. The summed E-state index contributed by atoms with van der Waals surface area (Å²) in [4.78, 5) is 10.9. The first-order valence-corrected chi connectivity index (χ1v) is 5.85. The van der Waals surface area contributed by atoms with Gasteiger partial charge in [0.2, 0.25) is 0 Å². The number of H-pyrrole nitrogens is 1. The molecule has 0 amide bonds. The number of aromatic nitrogens is 2. The monoisotopic (exact) mass is 280 g/mol. The fraction of sp³-hybridized carbons (Fsp3) is 0.167. The van der Waals surface area contributed by atoms with Crippen molar-refractivity contribution >= 4 is 17.6 Å². The fourth-order valence-corrected chi connectivity index (χ4v) is 2.18. The Kier molecular flexibility index (Phi) is 2.88. The molecule has 0 aliphatic carbocycles. The van der Waals surface area contributed by atoms with Gasteiger partial charge in [-0.15, -0.1) is 0 Å². The quantitative estimate of drug-likeness (QED) is 0.882. The van der Waals surface area contributed by atoms with Crippen LogP contribution in [0.1, 0.15) is 16.1 Å². The molecule has 3 rings (SSSR count). The minimum absolute atomic E-state index is 0.00999. The molecular formula is C12H9ClN2O4. The molecule has 0 saturated heterocycles. The van der Waals surface area contributed by atoms with Gasteiger partial charge in [0, 0.05) is 16.1 Å². The topological polar surface area (TPSA) is 84.4 Å². The van der Waals surface area contributed by atoms with Gasteiger partial charge in [-0.05, 0) is 18.2 Å². The van der Waals surface area contributed by atoms with Gasteiger partial charge in [-0.1, -0.05) is 11.6 Å². The van der Waals surface area contributed by atoms with Gasteiger partial charge in [-0.2, -0.15) is 5.10 Å². The first-order valence-electron chi connectivity index (χ1n) is 5.47. The number of benzene rings is 1. The Morgan fingerprint density at radius 1 is 1.42 bits per heavy atom. The Labute approximate surface area is 112 Å². The van der Waals surface area contributed by atoms with E-state index < -0.39 is 5.97 Å². The lowest BCUT2D eigenvalue weighted by atomic mass is 10.1. The van der Waals surface area contributed by atoms with Crippen LogP contribution < -0.4 is 4.74 Å². The van der Waals surface area contributed by atoms with Crippen LogP contribution in [0.3, 0.4) is 0 Å². The maximum atomic E-state index is 10.9. The van der Waals surface area contributed by atoms with E-state index in [1.54, 1.807) is 12.1 Å². The Hall–Kier alpha value is -2.05. The van der Waals surface area contributed by atoms with Crippen molar-refractivity contribution in [3.8, 4) is 17.0 Å². The van der Waals surface area contributed by atoms with Crippen LogP contribution in [-0.2, 0) is 11.3 Å². The molecule has 2 heterocycles. The predicted octanol–water partition coefficient (Wildman–Crippen LogP) is 2.29. The van der Waals surface area contributed by atoms with Crippen molar-refractivity contribution in [2.24, 2.45) is 0 Å². The van der Waals surface area contributed by atoms with Crippen LogP contribution in [0.15, 0.2) is 18.2 Å². The lowest BCUT2D eigenvalue weighted by Crippen LogP contribution is -2.12. The van der Waals surface area contributed by atoms with E-state index in [0.29, 0.717) is 28.6 Å². The number of aromatic amines is 1. The van der Waals surface area contributed by atoms with Gasteiger partial charge in [0.15, 0.2) is 6.79 Å². The lowest BCUT2D eigenvalue weighted by molar-refractivity contribution is -0.0159. The van der Waals surface area contributed by atoms with Crippen molar-refractivity contribution < 1.29 is 19.4 Å². The van der Waals surface area contributed by atoms with Crippen molar-refractivity contribution in [1.29, 1.82) is 0 Å². The molecule has 1 aromatic heterocycles. The molecule has 98 valence electrons. The molecular weight excluding hydrogens is 272 g/mol. The molecule has 2 N–H and O–H groups in total. The van der Waals surface area contributed by atoms with Crippen LogP contribution in [0, 0.1) is 0 Å². The molecule has 7 heteroatoms. The van der Waals surface area contributed by atoms with Crippen molar-refractivity contribution in [3.63, 3.8) is 0 Å². The maximum absolute atomic E-state index is 10.9. The summed E-state index contributed by atoms with van der Waals surface area (Å²) in [5, 5.41) is 15.8. The molecule has 0 spiro atoms. The van der Waals surface area contributed by atoms with Gasteiger partial charge in [-0.3, -0.25) is 5.10 Å². The lowest BCUT2D eigenvalue weighted by Gasteiger charge is -2.20. The van der Waals surface area contributed by atoms with E-state index in [2.05, 4.69) is 10.2 Å². The number of fused-ring (bicyclic) bond motifs is 1. The van der Waals surface area contributed by atoms with Gasteiger partial charge < -0.3 is 14.6 Å². The normalized spacial score (nSPS) is 13.7. The van der Waals surface area contributed by atoms with Gasteiger partial charge in [0.1, 0.15) is 11.4 Å². The Balaban J connectivity index is 2.12. The molecule has 0 atom stereocenters. The molecule has 1 aliphatic heterocycles. The number of aromatic carboxylic acids is 1. The fourth-order valence-electron chi connectivity index (χ4n) is 1.94. The van der Waals surface area contributed by atoms with Crippen LogP contribution in [0.4, 0.5) is 0 Å². The Morgan fingerprint density at radius 3 is 3.00 bits per heavy atom. The molecule has 1 aliphatic rings. The first-order chi connectivity index (χ1) is 9.15. The number of halogens is 1. The van der Waals surface area contributed by atoms with E-state index in [9.17, 15) is 4.79 Å². The molecule has 6 nitrogen and oxygen atoms in total. The molecule has 1 aromatic carbocycles. The third-order valence-corrected chi connectivity index (χ3v) is 2.98. The number of rotatable bonds is 2. The highest BCUT2D eigenvalue weighted by Gasteiger charge is 2.20. The molecule has 0 saturated carbocycles. The number of carbonyl (C=O) groups is 1. The van der Waals surface area contributed by atoms with Gasteiger partial charge in [-0.25, -0.2) is 4.79 Å². The van der Waals surface area contributed by atoms with Crippen molar-refractivity contribution in [2.75, 3.05) is 6.79 Å². The average molecular weight is 281 g/mol. The zero-order valence-corrected chi connectivity index (χ0v) is 10.4. The number of nitrogens with zero attached hydrogens (tertiary/aromatic N) is 1. The van der Waals surface area contributed by atoms with Crippen molar-refractivity contribution in [2.45, 2.75) is 6.61 Å². The number of nitrogens with one attached hydrogen (secondary N) is 1. The van der Waals surface area contributed by atoms with E-state index >= 15 is 0 Å². The summed E-state index contributed by atoms with van der Waals surface area (Å²) in [7, 11) is 0. The SMILES string of the molecule is O=C(O)c1cc(-c2cc(Cl)cc3c2OCOC3)n[nH]1. The van der Waals surface area contributed by atoms with Crippen LogP contribution >= 0.6 is 11.6 Å². The van der Waals surface area contributed by atoms with Gasteiger partial charge in [0.25, 0.3) is 0 Å². The summed E-state index contributed by atoms with van der Waals surface area (Å²) in [6.45, 7) is 0.553. The van der Waals surface area contributed by atoms with Crippen LogP contribution in [0.25, 0.3) is 11.3 Å². The minimum atomic E-state index is -1.07. The summed E-state index contributed by atoms with van der Waals surface area (Å²) in [6, 6.07) is 4.88. The average Bonchev–Trinajstić information content (AvgIpc) is 2.87. The number of ether oxygens (including phenoxy) is 2. The molecule has 2 aromatic rings. The summed E-state index contributed by atoms with van der Waals surface area (Å²) < 4.78 is 10.6. The second-order valence-corrected chi connectivity index (χ2v) is 4.46. The van der Waals surface area contributed by atoms with Gasteiger partial charge >= 0.3 is 5.97 Å². The highest BCUT2D eigenvalue weighted by Crippen LogP contribution is 2.37. The highest BCUT2D eigenvalue weighted by atomic mass is 35.5. The van der Waals surface area contributed by atoms with Crippen LogP contribution in [-0.4, -0.2) is 28.1 Å². The largest absolute Gasteiger partial charge is 0.477 e. The molecule has 0 unspecified atom stereocenters. The summed E-state index contributed by atoms with van der Waals surface area (Å²) >= 11 is 6.04. The van der Waals surface area contributed by atoms with Crippen molar-refractivity contribution in [1.82, 2.24) is 10.2 Å².